The molecule has 23 heavy (non-hydrogen) atoms. The van der Waals surface area contributed by atoms with Crippen molar-refractivity contribution in [3.8, 4) is 6.07 Å². The largest absolute Gasteiger partial charge is 0.465 e. The number of anilines is 1. The molecule has 0 bridgehead atoms. The van der Waals surface area contributed by atoms with Gasteiger partial charge in [0.1, 0.15) is 0 Å². The quantitative estimate of drug-likeness (QED) is 0.910. The highest BCUT2D eigenvalue weighted by Gasteiger charge is 2.30. The summed E-state index contributed by atoms with van der Waals surface area (Å²) in [5.74, 6) is 1.40. The summed E-state index contributed by atoms with van der Waals surface area (Å²) in [6, 6.07) is 9.97. The summed E-state index contributed by atoms with van der Waals surface area (Å²) in [6.07, 6.45) is 3.59. The molecule has 2 fully saturated rings. The molecule has 0 radical (unpaired) electrons. The van der Waals surface area contributed by atoms with Crippen molar-refractivity contribution < 1.29 is 9.90 Å². The number of carboxylic acid groups (broad SMARTS) is 1. The second-order valence-electron chi connectivity index (χ2n) is 6.59. The van der Waals surface area contributed by atoms with Crippen LogP contribution in [0.5, 0.6) is 0 Å². The smallest absolute Gasteiger partial charge is 0.407 e. The first kappa shape index (κ1) is 15.7. The third kappa shape index (κ3) is 3.58. The van der Waals surface area contributed by atoms with Crippen LogP contribution in [0.1, 0.15) is 31.2 Å². The van der Waals surface area contributed by atoms with Crippen LogP contribution in [0.4, 0.5) is 10.5 Å². The fourth-order valence-electron chi connectivity index (χ4n) is 3.94. The maximum atomic E-state index is 11.0. The molecule has 1 amide bonds. The summed E-state index contributed by atoms with van der Waals surface area (Å²) in [5.41, 5.74) is 1.90. The van der Waals surface area contributed by atoms with Crippen LogP contribution in [0.3, 0.4) is 0 Å². The molecule has 1 N–H and O–H groups in total. The van der Waals surface area contributed by atoms with Crippen molar-refractivity contribution in [2.75, 3.05) is 31.1 Å². The van der Waals surface area contributed by atoms with E-state index in [0.717, 1.165) is 31.8 Å². The van der Waals surface area contributed by atoms with Gasteiger partial charge < -0.3 is 14.9 Å². The monoisotopic (exact) mass is 313 g/mol. The van der Waals surface area contributed by atoms with E-state index in [1.807, 2.05) is 24.3 Å². The zero-order valence-corrected chi connectivity index (χ0v) is 13.3. The van der Waals surface area contributed by atoms with Crippen molar-refractivity contribution in [1.82, 2.24) is 4.90 Å². The SMILES string of the molecule is N#Cc1ccc(N2CCC(C3CCN(C(=O)O)CC3)CC2)cc1. The maximum absolute atomic E-state index is 11.0. The van der Waals surface area contributed by atoms with Gasteiger partial charge >= 0.3 is 6.09 Å². The molecular weight excluding hydrogens is 290 g/mol. The Morgan fingerprint density at radius 2 is 1.52 bits per heavy atom. The van der Waals surface area contributed by atoms with Crippen LogP contribution < -0.4 is 4.90 Å². The molecule has 1 aromatic carbocycles. The van der Waals surface area contributed by atoms with E-state index >= 15 is 0 Å². The van der Waals surface area contributed by atoms with E-state index < -0.39 is 6.09 Å². The molecule has 5 heteroatoms. The lowest BCUT2D eigenvalue weighted by molar-refractivity contribution is 0.107. The molecule has 122 valence electrons. The van der Waals surface area contributed by atoms with E-state index in [0.29, 0.717) is 24.6 Å². The van der Waals surface area contributed by atoms with Crippen molar-refractivity contribution in [1.29, 1.82) is 5.26 Å². The van der Waals surface area contributed by atoms with Gasteiger partial charge in [-0.05, 0) is 61.8 Å². The third-order valence-electron chi connectivity index (χ3n) is 5.38. The van der Waals surface area contributed by atoms with Crippen LogP contribution >= 0.6 is 0 Å². The van der Waals surface area contributed by atoms with Crippen molar-refractivity contribution in [3.05, 3.63) is 29.8 Å². The first-order chi connectivity index (χ1) is 11.2. The molecule has 0 aliphatic carbocycles. The van der Waals surface area contributed by atoms with Gasteiger partial charge in [0, 0.05) is 31.9 Å². The molecule has 3 rings (SSSR count). The van der Waals surface area contributed by atoms with Crippen molar-refractivity contribution in [2.45, 2.75) is 25.7 Å². The van der Waals surface area contributed by atoms with Crippen LogP contribution in [0, 0.1) is 23.2 Å². The second kappa shape index (κ2) is 6.91. The van der Waals surface area contributed by atoms with Crippen LogP contribution in [-0.4, -0.2) is 42.3 Å². The van der Waals surface area contributed by atoms with Gasteiger partial charge in [0.15, 0.2) is 0 Å². The molecule has 0 aromatic heterocycles. The van der Waals surface area contributed by atoms with E-state index in [-0.39, 0.29) is 0 Å². The highest BCUT2D eigenvalue weighted by molar-refractivity contribution is 5.65. The Hall–Kier alpha value is -2.22. The predicted molar refractivity (Wildman–Crippen MR) is 88.4 cm³/mol. The number of carbonyl (C=O) groups is 1. The third-order valence-corrected chi connectivity index (χ3v) is 5.38. The first-order valence-corrected chi connectivity index (χ1v) is 8.40. The number of rotatable bonds is 2. The van der Waals surface area contributed by atoms with Crippen LogP contribution in [0.2, 0.25) is 0 Å². The lowest BCUT2D eigenvalue weighted by Crippen LogP contribution is -2.42. The fraction of sp³-hybridized carbons (Fsp3) is 0.556. The van der Waals surface area contributed by atoms with Gasteiger partial charge in [-0.25, -0.2) is 4.79 Å². The number of benzene rings is 1. The molecule has 0 unspecified atom stereocenters. The minimum Gasteiger partial charge on any atom is -0.465 e. The number of likely N-dealkylation sites (tertiary alicyclic amines) is 1. The Kier molecular flexibility index (Phi) is 4.71. The molecule has 5 nitrogen and oxygen atoms in total. The lowest BCUT2D eigenvalue weighted by Gasteiger charge is -2.40. The van der Waals surface area contributed by atoms with E-state index in [1.54, 1.807) is 4.90 Å². The van der Waals surface area contributed by atoms with Crippen LogP contribution in [-0.2, 0) is 0 Å². The van der Waals surface area contributed by atoms with Gasteiger partial charge in [0.2, 0.25) is 0 Å². The Balaban J connectivity index is 1.50. The Labute approximate surface area is 137 Å². The number of nitriles is 1. The molecule has 0 spiro atoms. The summed E-state index contributed by atoms with van der Waals surface area (Å²) in [7, 11) is 0. The average Bonchev–Trinajstić information content (AvgIpc) is 2.62. The number of nitrogens with zero attached hydrogens (tertiary/aromatic N) is 3. The highest BCUT2D eigenvalue weighted by atomic mass is 16.4. The van der Waals surface area contributed by atoms with Crippen LogP contribution in [0.25, 0.3) is 0 Å². The second-order valence-corrected chi connectivity index (χ2v) is 6.59. The van der Waals surface area contributed by atoms with Gasteiger partial charge in [-0.15, -0.1) is 0 Å². The Bertz CT molecular complexity index is 577. The molecule has 0 atom stereocenters. The van der Waals surface area contributed by atoms with E-state index in [2.05, 4.69) is 11.0 Å². The first-order valence-electron chi connectivity index (χ1n) is 8.40. The van der Waals surface area contributed by atoms with E-state index in [9.17, 15) is 4.79 Å². The van der Waals surface area contributed by atoms with Crippen molar-refractivity contribution in [3.63, 3.8) is 0 Å². The predicted octanol–water partition coefficient (Wildman–Crippen LogP) is 3.16. The van der Waals surface area contributed by atoms with Crippen molar-refractivity contribution in [2.24, 2.45) is 11.8 Å². The Morgan fingerprint density at radius 3 is 2.00 bits per heavy atom. The number of piperidine rings is 2. The number of hydrogen-bond acceptors (Lipinski definition) is 3. The zero-order valence-electron chi connectivity index (χ0n) is 13.3. The maximum Gasteiger partial charge on any atom is 0.407 e. The van der Waals surface area contributed by atoms with Gasteiger partial charge in [0.05, 0.1) is 11.6 Å². The minimum atomic E-state index is -0.779. The normalized spacial score (nSPS) is 20.3. The summed E-state index contributed by atoms with van der Waals surface area (Å²) in [4.78, 5) is 14.9. The lowest BCUT2D eigenvalue weighted by atomic mass is 9.79. The summed E-state index contributed by atoms with van der Waals surface area (Å²) in [5, 5.41) is 17.9. The zero-order chi connectivity index (χ0) is 16.2. The Morgan fingerprint density at radius 1 is 1.00 bits per heavy atom. The van der Waals surface area contributed by atoms with Gasteiger partial charge in [-0.3, -0.25) is 0 Å². The minimum absolute atomic E-state index is 0.675. The van der Waals surface area contributed by atoms with E-state index in [4.69, 9.17) is 10.4 Å². The summed E-state index contributed by atoms with van der Waals surface area (Å²) in [6.45, 7) is 3.48. The molecule has 2 heterocycles. The molecule has 2 aliphatic heterocycles. The van der Waals surface area contributed by atoms with Crippen molar-refractivity contribution >= 4 is 11.8 Å². The highest BCUT2D eigenvalue weighted by Crippen LogP contribution is 2.33. The summed E-state index contributed by atoms with van der Waals surface area (Å²) < 4.78 is 0. The number of amides is 1. The van der Waals surface area contributed by atoms with E-state index in [1.165, 1.54) is 18.5 Å². The topological polar surface area (TPSA) is 67.6 Å². The number of hydrogen-bond donors (Lipinski definition) is 1. The molecule has 2 saturated heterocycles. The average molecular weight is 313 g/mol. The van der Waals surface area contributed by atoms with Crippen LogP contribution in [0.15, 0.2) is 24.3 Å². The fourth-order valence-corrected chi connectivity index (χ4v) is 3.94. The molecule has 2 aliphatic rings. The van der Waals surface area contributed by atoms with Gasteiger partial charge in [-0.2, -0.15) is 5.26 Å². The molecule has 1 aromatic rings. The van der Waals surface area contributed by atoms with Gasteiger partial charge in [0.25, 0.3) is 0 Å². The van der Waals surface area contributed by atoms with Gasteiger partial charge in [-0.1, -0.05) is 0 Å². The molecule has 0 saturated carbocycles. The standard InChI is InChI=1S/C18H23N3O2/c19-13-14-1-3-17(4-2-14)20-9-5-15(6-10-20)16-7-11-21(12-8-16)18(22)23/h1-4,15-16H,5-12H2,(H,22,23). The summed E-state index contributed by atoms with van der Waals surface area (Å²) >= 11 is 0. The molecular formula is C18H23N3O2.